The summed E-state index contributed by atoms with van der Waals surface area (Å²) in [5.74, 6) is 0.296. The number of carboxylic acid groups (broad SMARTS) is 1. The molecule has 0 atom stereocenters. The number of carbonyl (C=O) groups excluding carboxylic acids is 1. The second-order valence-corrected chi connectivity index (χ2v) is 8.00. The minimum atomic E-state index is -1.14. The van der Waals surface area contributed by atoms with Crippen molar-refractivity contribution in [3.8, 4) is 0 Å². The van der Waals surface area contributed by atoms with Crippen molar-refractivity contribution < 1.29 is 14.7 Å². The van der Waals surface area contributed by atoms with Crippen LogP contribution in [-0.2, 0) is 9.59 Å². The Bertz CT molecular complexity index is 577. The van der Waals surface area contributed by atoms with E-state index in [1.807, 2.05) is 0 Å². The van der Waals surface area contributed by atoms with Crippen molar-refractivity contribution in [3.05, 3.63) is 28.2 Å². The topological polar surface area (TPSA) is 66.4 Å². The van der Waals surface area contributed by atoms with Gasteiger partial charge in [0.15, 0.2) is 0 Å². The molecule has 1 heterocycles. The van der Waals surface area contributed by atoms with E-state index in [9.17, 15) is 14.7 Å². The Morgan fingerprint density at radius 1 is 1.32 bits per heavy atom. The predicted molar refractivity (Wildman–Crippen MR) is 92.3 cm³/mol. The summed E-state index contributed by atoms with van der Waals surface area (Å²) in [4.78, 5) is 24.3. The molecule has 120 valence electrons. The number of benzene rings is 1. The van der Waals surface area contributed by atoms with Gasteiger partial charge in [-0.2, -0.15) is 11.8 Å². The van der Waals surface area contributed by atoms with Crippen LogP contribution in [0.5, 0.6) is 0 Å². The van der Waals surface area contributed by atoms with Crippen LogP contribution in [-0.4, -0.2) is 39.8 Å². The van der Waals surface area contributed by atoms with Gasteiger partial charge in [-0.1, -0.05) is 23.2 Å². The molecule has 0 saturated carbocycles. The zero-order valence-electron chi connectivity index (χ0n) is 11.6. The second kappa shape index (κ2) is 7.81. The van der Waals surface area contributed by atoms with Gasteiger partial charge in [0.1, 0.15) is 5.54 Å². The first-order valence-corrected chi connectivity index (χ1v) is 9.52. The standard InChI is InChI=1S/C14H15Cl2NO3S2/c15-9-1-2-10(16)11(7-9)22-8-12(18)17-14(13(19)20)3-5-21-6-4-14/h1-2,7H,3-6,8H2,(H,17,18)(H,19,20). The van der Waals surface area contributed by atoms with E-state index >= 15 is 0 Å². The quantitative estimate of drug-likeness (QED) is 0.765. The highest BCUT2D eigenvalue weighted by molar-refractivity contribution is 8.00. The molecule has 0 bridgehead atoms. The zero-order chi connectivity index (χ0) is 16.2. The minimum Gasteiger partial charge on any atom is -0.480 e. The number of rotatable bonds is 5. The van der Waals surface area contributed by atoms with Crippen molar-refractivity contribution >= 4 is 58.6 Å². The average molecular weight is 380 g/mol. The van der Waals surface area contributed by atoms with Crippen LogP contribution in [0.15, 0.2) is 23.1 Å². The van der Waals surface area contributed by atoms with Gasteiger partial charge in [-0.05, 0) is 42.5 Å². The summed E-state index contributed by atoms with van der Waals surface area (Å²) in [6, 6.07) is 5.03. The molecule has 1 aliphatic rings. The Labute approximate surface area is 147 Å². The number of hydrogen-bond donors (Lipinski definition) is 2. The maximum absolute atomic E-state index is 12.1. The van der Waals surface area contributed by atoms with Crippen LogP contribution < -0.4 is 5.32 Å². The van der Waals surface area contributed by atoms with Crippen LogP contribution in [0.4, 0.5) is 0 Å². The smallest absolute Gasteiger partial charge is 0.329 e. The van der Waals surface area contributed by atoms with Crippen molar-refractivity contribution in [2.45, 2.75) is 23.3 Å². The van der Waals surface area contributed by atoms with Gasteiger partial charge in [0.25, 0.3) is 0 Å². The first-order chi connectivity index (χ1) is 10.4. The highest BCUT2D eigenvalue weighted by Crippen LogP contribution is 2.31. The van der Waals surface area contributed by atoms with Gasteiger partial charge >= 0.3 is 5.97 Å². The third-order valence-electron chi connectivity index (χ3n) is 3.39. The Kier molecular flexibility index (Phi) is 6.32. The molecule has 1 fully saturated rings. The predicted octanol–water partition coefficient (Wildman–Crippen LogP) is 3.55. The number of nitrogens with one attached hydrogen (secondary N) is 1. The summed E-state index contributed by atoms with van der Waals surface area (Å²) in [5.41, 5.74) is -1.14. The Morgan fingerprint density at radius 3 is 2.64 bits per heavy atom. The van der Waals surface area contributed by atoms with Crippen LogP contribution in [0.3, 0.4) is 0 Å². The third kappa shape index (κ3) is 4.47. The van der Waals surface area contributed by atoms with Gasteiger partial charge in [-0.3, -0.25) is 4.79 Å². The van der Waals surface area contributed by atoms with Gasteiger partial charge < -0.3 is 10.4 Å². The second-order valence-electron chi connectivity index (χ2n) is 4.91. The number of hydrogen-bond acceptors (Lipinski definition) is 4. The molecule has 4 nitrogen and oxygen atoms in total. The molecule has 22 heavy (non-hydrogen) atoms. The molecule has 1 amide bonds. The summed E-state index contributed by atoms with van der Waals surface area (Å²) in [6.45, 7) is 0. The van der Waals surface area contributed by atoms with Crippen molar-refractivity contribution in [3.63, 3.8) is 0 Å². The van der Waals surface area contributed by atoms with E-state index in [-0.39, 0.29) is 11.7 Å². The number of carboxylic acids is 1. The van der Waals surface area contributed by atoms with Crippen molar-refractivity contribution in [2.75, 3.05) is 17.3 Å². The lowest BCUT2D eigenvalue weighted by atomic mass is 9.92. The SMILES string of the molecule is O=C(CSc1cc(Cl)ccc1Cl)NC1(C(=O)O)CCSCC1. The fourth-order valence-corrected chi connectivity index (χ4v) is 4.63. The van der Waals surface area contributed by atoms with Gasteiger partial charge in [-0.25, -0.2) is 4.79 Å². The van der Waals surface area contributed by atoms with E-state index in [0.717, 1.165) is 11.5 Å². The first kappa shape index (κ1) is 17.8. The molecule has 1 aromatic rings. The zero-order valence-corrected chi connectivity index (χ0v) is 14.7. The van der Waals surface area contributed by atoms with Gasteiger partial charge in [0.05, 0.1) is 10.8 Å². The molecule has 0 unspecified atom stereocenters. The Hall–Kier alpha value is -0.560. The summed E-state index contributed by atoms with van der Waals surface area (Å²) in [5, 5.41) is 13.2. The number of halogens is 2. The number of aliphatic carboxylic acids is 1. The fourth-order valence-electron chi connectivity index (χ4n) is 2.15. The minimum absolute atomic E-state index is 0.0994. The van der Waals surface area contributed by atoms with E-state index < -0.39 is 11.5 Å². The lowest BCUT2D eigenvalue weighted by Gasteiger charge is -2.33. The maximum atomic E-state index is 12.1. The molecule has 2 N–H and O–H groups in total. The molecule has 2 rings (SSSR count). The van der Waals surface area contributed by atoms with E-state index in [2.05, 4.69) is 5.32 Å². The Balaban J connectivity index is 1.97. The van der Waals surface area contributed by atoms with E-state index in [0.29, 0.717) is 27.8 Å². The van der Waals surface area contributed by atoms with Crippen molar-refractivity contribution in [2.24, 2.45) is 0 Å². The van der Waals surface area contributed by atoms with Crippen LogP contribution in [0.25, 0.3) is 0 Å². The normalized spacial score (nSPS) is 17.0. The highest BCUT2D eigenvalue weighted by atomic mass is 35.5. The van der Waals surface area contributed by atoms with Gasteiger partial charge in [0.2, 0.25) is 5.91 Å². The largest absolute Gasteiger partial charge is 0.480 e. The summed E-state index contributed by atoms with van der Waals surface area (Å²) in [6.07, 6.45) is 0.892. The molecule has 0 radical (unpaired) electrons. The number of carbonyl (C=O) groups is 2. The van der Waals surface area contributed by atoms with E-state index in [1.165, 1.54) is 11.8 Å². The first-order valence-electron chi connectivity index (χ1n) is 6.63. The monoisotopic (exact) mass is 379 g/mol. The lowest BCUT2D eigenvalue weighted by molar-refractivity contribution is -0.147. The number of thioether (sulfide) groups is 2. The van der Waals surface area contributed by atoms with Crippen LogP contribution >= 0.6 is 46.7 Å². The maximum Gasteiger partial charge on any atom is 0.329 e. The molecule has 0 aliphatic carbocycles. The molecule has 8 heteroatoms. The summed E-state index contributed by atoms with van der Waals surface area (Å²) < 4.78 is 0. The highest BCUT2D eigenvalue weighted by Gasteiger charge is 2.41. The van der Waals surface area contributed by atoms with Crippen LogP contribution in [0.2, 0.25) is 10.0 Å². The van der Waals surface area contributed by atoms with E-state index in [1.54, 1.807) is 30.0 Å². The average Bonchev–Trinajstić information content (AvgIpc) is 2.49. The third-order valence-corrected chi connectivity index (χ3v) is 6.10. The summed E-state index contributed by atoms with van der Waals surface area (Å²) in [7, 11) is 0. The molecule has 1 aromatic carbocycles. The Morgan fingerprint density at radius 2 is 2.00 bits per heavy atom. The fraction of sp³-hybridized carbons (Fsp3) is 0.429. The molecule has 1 aliphatic heterocycles. The molecule has 1 saturated heterocycles. The van der Waals surface area contributed by atoms with Gasteiger partial charge in [0, 0.05) is 9.92 Å². The van der Waals surface area contributed by atoms with Gasteiger partial charge in [-0.15, -0.1) is 11.8 Å². The summed E-state index contributed by atoms with van der Waals surface area (Å²) >= 11 is 14.9. The molecular weight excluding hydrogens is 365 g/mol. The van der Waals surface area contributed by atoms with E-state index in [4.69, 9.17) is 23.2 Å². The lowest BCUT2D eigenvalue weighted by Crippen LogP contribution is -2.57. The number of amides is 1. The molecule has 0 spiro atoms. The molecule has 0 aromatic heterocycles. The molecular formula is C14H15Cl2NO3S2. The van der Waals surface area contributed by atoms with Crippen LogP contribution in [0.1, 0.15) is 12.8 Å². The van der Waals surface area contributed by atoms with Crippen molar-refractivity contribution in [1.29, 1.82) is 0 Å². The van der Waals surface area contributed by atoms with Crippen LogP contribution in [0, 0.1) is 0 Å². The van der Waals surface area contributed by atoms with Crippen molar-refractivity contribution in [1.82, 2.24) is 5.32 Å².